The first-order chi connectivity index (χ1) is 12.4. The van der Waals surface area contributed by atoms with Crippen molar-refractivity contribution in [3.8, 4) is 5.75 Å². The lowest BCUT2D eigenvalue weighted by Crippen LogP contribution is -2.25. The van der Waals surface area contributed by atoms with Crippen LogP contribution in [0.2, 0.25) is 0 Å². The van der Waals surface area contributed by atoms with Crippen LogP contribution in [0.15, 0.2) is 54.6 Å². The third-order valence-corrected chi connectivity index (χ3v) is 4.99. The highest BCUT2D eigenvalue weighted by Gasteiger charge is 2.16. The Morgan fingerprint density at radius 3 is 2.27 bits per heavy atom. The van der Waals surface area contributed by atoms with E-state index in [1.54, 1.807) is 30.3 Å². The maximum atomic E-state index is 12.0. The summed E-state index contributed by atoms with van der Waals surface area (Å²) in [5.74, 6) is -1.93. The summed E-state index contributed by atoms with van der Waals surface area (Å²) in [5.41, 5.74) is 0.685. The van der Waals surface area contributed by atoms with Crippen LogP contribution in [0.1, 0.15) is 16.8 Å². The van der Waals surface area contributed by atoms with E-state index in [0.29, 0.717) is 11.4 Å². The van der Waals surface area contributed by atoms with Gasteiger partial charge in [-0.25, -0.2) is 13.2 Å². The summed E-state index contributed by atoms with van der Waals surface area (Å²) in [5, 5.41) is 11.3. The van der Waals surface area contributed by atoms with Crippen molar-refractivity contribution < 1.29 is 27.9 Å². The third kappa shape index (κ3) is 6.56. The molecule has 8 heteroatoms. The number of aromatic carboxylic acids is 1. The summed E-state index contributed by atoms with van der Waals surface area (Å²) in [4.78, 5) is 22.5. The van der Waals surface area contributed by atoms with E-state index in [2.05, 4.69) is 5.32 Å². The van der Waals surface area contributed by atoms with Gasteiger partial charge in [0.25, 0.3) is 0 Å². The highest BCUT2D eigenvalue weighted by molar-refractivity contribution is 7.92. The SMILES string of the molecule is O=C(CS(=O)(=O)CCCOc1ccc(C(=O)O)cc1)Nc1ccccc1. The van der Waals surface area contributed by atoms with E-state index in [1.807, 2.05) is 0 Å². The minimum atomic E-state index is -3.54. The van der Waals surface area contributed by atoms with Gasteiger partial charge in [-0.15, -0.1) is 0 Å². The average Bonchev–Trinajstić information content (AvgIpc) is 2.59. The Morgan fingerprint density at radius 1 is 1.00 bits per heavy atom. The zero-order chi connectivity index (χ0) is 19.0. The van der Waals surface area contributed by atoms with Crippen LogP contribution in [0.4, 0.5) is 5.69 Å². The molecule has 2 aromatic carbocycles. The predicted molar refractivity (Wildman–Crippen MR) is 97.2 cm³/mol. The standard InChI is InChI=1S/C18H19NO6S/c20-17(19-15-5-2-1-3-6-15)13-26(23,24)12-4-11-25-16-9-7-14(8-10-16)18(21)22/h1-3,5-10H,4,11-13H2,(H,19,20)(H,21,22). The van der Waals surface area contributed by atoms with Crippen LogP contribution in [0.5, 0.6) is 5.75 Å². The summed E-state index contributed by atoms with van der Waals surface area (Å²) in [6, 6.07) is 14.4. The molecule has 7 nitrogen and oxygen atoms in total. The number of carbonyl (C=O) groups excluding carboxylic acids is 1. The van der Waals surface area contributed by atoms with Crippen LogP contribution in [0.25, 0.3) is 0 Å². The number of para-hydroxylation sites is 1. The molecule has 0 aliphatic carbocycles. The minimum Gasteiger partial charge on any atom is -0.494 e. The monoisotopic (exact) mass is 377 g/mol. The molecule has 138 valence electrons. The fourth-order valence-corrected chi connectivity index (χ4v) is 3.33. The number of nitrogens with one attached hydrogen (secondary N) is 1. The Bertz CT molecular complexity index is 847. The quantitative estimate of drug-likeness (QED) is 0.649. The molecule has 2 rings (SSSR count). The van der Waals surface area contributed by atoms with Gasteiger partial charge in [0, 0.05) is 5.69 Å². The molecule has 0 aliphatic rings. The fraction of sp³-hybridized carbons (Fsp3) is 0.222. The van der Waals surface area contributed by atoms with Crippen LogP contribution in [0, 0.1) is 0 Å². The number of amides is 1. The van der Waals surface area contributed by atoms with Crippen molar-refractivity contribution in [2.24, 2.45) is 0 Å². The molecule has 0 radical (unpaired) electrons. The molecule has 0 heterocycles. The Labute approximate surface area is 151 Å². The van der Waals surface area contributed by atoms with E-state index in [9.17, 15) is 18.0 Å². The van der Waals surface area contributed by atoms with Crippen molar-refractivity contribution in [3.63, 3.8) is 0 Å². The molecule has 0 saturated carbocycles. The lowest BCUT2D eigenvalue weighted by Gasteiger charge is -2.08. The van der Waals surface area contributed by atoms with Crippen LogP contribution in [-0.2, 0) is 14.6 Å². The topological polar surface area (TPSA) is 110 Å². The van der Waals surface area contributed by atoms with E-state index in [0.717, 1.165) is 0 Å². The van der Waals surface area contributed by atoms with Gasteiger partial charge in [0.05, 0.1) is 17.9 Å². The smallest absolute Gasteiger partial charge is 0.335 e. The van der Waals surface area contributed by atoms with Crippen molar-refractivity contribution >= 4 is 27.4 Å². The number of sulfone groups is 1. The third-order valence-electron chi connectivity index (χ3n) is 3.38. The van der Waals surface area contributed by atoms with Crippen molar-refractivity contribution in [1.29, 1.82) is 0 Å². The van der Waals surface area contributed by atoms with E-state index in [1.165, 1.54) is 24.3 Å². The summed E-state index contributed by atoms with van der Waals surface area (Å²) in [6.45, 7) is 0.145. The molecule has 2 aromatic rings. The van der Waals surface area contributed by atoms with Gasteiger partial charge >= 0.3 is 5.97 Å². The first-order valence-corrected chi connectivity index (χ1v) is 9.69. The van der Waals surface area contributed by atoms with Crippen LogP contribution < -0.4 is 10.1 Å². The second-order valence-electron chi connectivity index (χ2n) is 5.54. The molecule has 1 amide bonds. The Balaban J connectivity index is 1.73. The van der Waals surface area contributed by atoms with Crippen molar-refractivity contribution in [3.05, 3.63) is 60.2 Å². The highest BCUT2D eigenvalue weighted by atomic mass is 32.2. The van der Waals surface area contributed by atoms with Gasteiger partial charge in [0.2, 0.25) is 5.91 Å². The predicted octanol–water partition coefficient (Wildman–Crippen LogP) is 2.21. The maximum absolute atomic E-state index is 12.0. The molecule has 0 atom stereocenters. The summed E-state index contributed by atoms with van der Waals surface area (Å²) >= 11 is 0. The first-order valence-electron chi connectivity index (χ1n) is 7.87. The van der Waals surface area contributed by atoms with E-state index < -0.39 is 27.5 Å². The molecular weight excluding hydrogens is 358 g/mol. The number of carboxylic acid groups (broad SMARTS) is 1. The summed E-state index contributed by atoms with van der Waals surface area (Å²) in [6.07, 6.45) is 0.224. The normalized spacial score (nSPS) is 10.9. The Hall–Kier alpha value is -2.87. The lowest BCUT2D eigenvalue weighted by molar-refractivity contribution is -0.113. The summed E-state index contributed by atoms with van der Waals surface area (Å²) in [7, 11) is -3.54. The van der Waals surface area contributed by atoms with Crippen LogP contribution in [-0.4, -0.2) is 43.5 Å². The van der Waals surface area contributed by atoms with Gasteiger partial charge < -0.3 is 15.2 Å². The molecule has 2 N–H and O–H groups in total. The van der Waals surface area contributed by atoms with Crippen molar-refractivity contribution in [2.75, 3.05) is 23.4 Å². The average molecular weight is 377 g/mol. The van der Waals surface area contributed by atoms with Gasteiger partial charge in [-0.1, -0.05) is 18.2 Å². The Kier molecular flexibility index (Phi) is 6.74. The van der Waals surface area contributed by atoms with Gasteiger partial charge in [-0.3, -0.25) is 4.79 Å². The number of anilines is 1. The van der Waals surface area contributed by atoms with Gasteiger partial charge in [0.1, 0.15) is 11.5 Å². The maximum Gasteiger partial charge on any atom is 0.335 e. The van der Waals surface area contributed by atoms with Crippen molar-refractivity contribution in [2.45, 2.75) is 6.42 Å². The molecular formula is C18H19NO6S. The number of benzene rings is 2. The van der Waals surface area contributed by atoms with Crippen LogP contribution >= 0.6 is 0 Å². The minimum absolute atomic E-state index is 0.143. The van der Waals surface area contributed by atoms with Gasteiger partial charge in [-0.2, -0.15) is 0 Å². The molecule has 0 fully saturated rings. The van der Waals surface area contributed by atoms with Gasteiger partial charge in [0.15, 0.2) is 9.84 Å². The Morgan fingerprint density at radius 2 is 1.65 bits per heavy atom. The molecule has 0 saturated heterocycles. The summed E-state index contributed by atoms with van der Waals surface area (Å²) < 4.78 is 29.3. The highest BCUT2D eigenvalue weighted by Crippen LogP contribution is 2.12. The number of hydrogen-bond acceptors (Lipinski definition) is 5. The number of carboxylic acids is 1. The zero-order valence-electron chi connectivity index (χ0n) is 13.9. The van der Waals surface area contributed by atoms with E-state index in [-0.39, 0.29) is 24.3 Å². The molecule has 0 bridgehead atoms. The first kappa shape index (κ1) is 19.5. The number of hydrogen-bond donors (Lipinski definition) is 2. The second kappa shape index (κ2) is 9.00. The fourth-order valence-electron chi connectivity index (χ4n) is 2.15. The molecule has 0 unspecified atom stereocenters. The van der Waals surface area contributed by atoms with Crippen LogP contribution in [0.3, 0.4) is 0 Å². The number of ether oxygens (including phenoxy) is 1. The van der Waals surface area contributed by atoms with Gasteiger partial charge in [-0.05, 0) is 42.8 Å². The second-order valence-corrected chi connectivity index (χ2v) is 7.72. The largest absolute Gasteiger partial charge is 0.494 e. The number of rotatable bonds is 9. The number of carbonyl (C=O) groups is 2. The molecule has 0 aromatic heterocycles. The lowest BCUT2D eigenvalue weighted by atomic mass is 10.2. The zero-order valence-corrected chi connectivity index (χ0v) is 14.7. The van der Waals surface area contributed by atoms with E-state index >= 15 is 0 Å². The van der Waals surface area contributed by atoms with E-state index in [4.69, 9.17) is 9.84 Å². The van der Waals surface area contributed by atoms with Crippen molar-refractivity contribution in [1.82, 2.24) is 0 Å². The molecule has 0 spiro atoms. The molecule has 0 aliphatic heterocycles. The molecule has 26 heavy (non-hydrogen) atoms.